The van der Waals surface area contributed by atoms with Crippen LogP contribution in [0.15, 0.2) is 35.1 Å². The summed E-state index contributed by atoms with van der Waals surface area (Å²) in [6.45, 7) is 0. The Labute approximate surface area is 114 Å². The first-order valence-electron chi connectivity index (χ1n) is 5.16. The van der Waals surface area contributed by atoms with E-state index in [1.165, 1.54) is 13.3 Å². The molecule has 2 rings (SSSR count). The number of halogens is 3. The van der Waals surface area contributed by atoms with Gasteiger partial charge in [-0.3, -0.25) is 0 Å². The van der Waals surface area contributed by atoms with E-state index in [4.69, 9.17) is 33.7 Å². The van der Waals surface area contributed by atoms with Crippen LogP contribution in [0.25, 0.3) is 0 Å². The lowest BCUT2D eigenvalue weighted by atomic mass is 10.0. The summed E-state index contributed by atoms with van der Waals surface area (Å²) in [4.78, 5) is 0. The van der Waals surface area contributed by atoms with Crippen molar-refractivity contribution in [2.24, 2.45) is 5.73 Å². The second kappa shape index (κ2) is 5.08. The van der Waals surface area contributed by atoms with Crippen LogP contribution in [0.1, 0.15) is 11.6 Å². The van der Waals surface area contributed by atoms with Gasteiger partial charge in [0, 0.05) is 11.8 Å². The first kappa shape index (κ1) is 13.1. The fraction of sp³-hybridized carbons (Fsp3) is 0.167. The lowest BCUT2D eigenvalue weighted by molar-refractivity contribution is 0.383. The van der Waals surface area contributed by atoms with Crippen LogP contribution in [0.2, 0.25) is 5.02 Å². The average molecular weight is 289 g/mol. The van der Waals surface area contributed by atoms with E-state index in [1.54, 1.807) is 18.2 Å². The molecule has 0 fully saturated rings. The highest BCUT2D eigenvalue weighted by molar-refractivity contribution is 6.32. The van der Waals surface area contributed by atoms with Gasteiger partial charge < -0.3 is 15.8 Å². The maximum Gasteiger partial charge on any atom is 0.173 e. The van der Waals surface area contributed by atoms with Crippen LogP contribution in [-0.2, 0) is 0 Å². The van der Waals surface area contributed by atoms with E-state index >= 15 is 0 Å². The van der Waals surface area contributed by atoms with Crippen molar-refractivity contribution >= 4 is 23.2 Å². The van der Waals surface area contributed by atoms with Gasteiger partial charge in [0.25, 0.3) is 0 Å². The van der Waals surface area contributed by atoms with Crippen molar-refractivity contribution in [3.63, 3.8) is 0 Å². The normalized spacial score (nSPS) is 18.8. The minimum Gasteiger partial charge on any atom is -0.492 e. The molecule has 96 valence electrons. The van der Waals surface area contributed by atoms with Gasteiger partial charge in [-0.25, -0.2) is 4.39 Å². The smallest absolute Gasteiger partial charge is 0.173 e. The van der Waals surface area contributed by atoms with E-state index in [0.29, 0.717) is 16.3 Å². The highest BCUT2D eigenvalue weighted by Crippen LogP contribution is 2.34. The van der Waals surface area contributed by atoms with E-state index in [-0.39, 0.29) is 10.8 Å². The number of rotatable bonds is 2. The van der Waals surface area contributed by atoms with Crippen molar-refractivity contribution in [2.45, 2.75) is 6.04 Å². The Kier molecular flexibility index (Phi) is 3.68. The number of dihydropyridines is 1. The first-order valence-corrected chi connectivity index (χ1v) is 5.91. The minimum absolute atomic E-state index is 0.0172. The first-order chi connectivity index (χ1) is 8.54. The van der Waals surface area contributed by atoms with Crippen LogP contribution in [-0.4, -0.2) is 7.11 Å². The molecule has 1 aliphatic rings. The maximum absolute atomic E-state index is 14.2. The van der Waals surface area contributed by atoms with E-state index in [0.717, 1.165) is 0 Å². The predicted octanol–water partition coefficient (Wildman–Crippen LogP) is 3.05. The molecule has 0 spiro atoms. The molecule has 0 bridgehead atoms. The summed E-state index contributed by atoms with van der Waals surface area (Å²) in [5.41, 5.74) is 6.48. The Morgan fingerprint density at radius 1 is 1.39 bits per heavy atom. The molecule has 3 N–H and O–H groups in total. The van der Waals surface area contributed by atoms with Crippen LogP contribution in [0.5, 0.6) is 5.75 Å². The maximum atomic E-state index is 14.2. The van der Waals surface area contributed by atoms with E-state index in [9.17, 15) is 4.39 Å². The van der Waals surface area contributed by atoms with Gasteiger partial charge in [-0.2, -0.15) is 0 Å². The molecule has 1 aromatic rings. The van der Waals surface area contributed by atoms with Crippen molar-refractivity contribution in [2.75, 3.05) is 7.11 Å². The Morgan fingerprint density at radius 3 is 2.72 bits per heavy atom. The van der Waals surface area contributed by atoms with Gasteiger partial charge in [0.15, 0.2) is 11.6 Å². The van der Waals surface area contributed by atoms with Crippen molar-refractivity contribution in [1.82, 2.24) is 5.32 Å². The molecule has 1 atom stereocenters. The summed E-state index contributed by atoms with van der Waals surface area (Å²) in [5, 5.41) is 3.56. The van der Waals surface area contributed by atoms with Gasteiger partial charge in [0.05, 0.1) is 28.9 Å². The van der Waals surface area contributed by atoms with E-state index < -0.39 is 11.9 Å². The standard InChI is InChI=1S/C12H11Cl2FN2O/c1-18-12-7(13)3-2-6(11(12)15)10-4-9(16)8(14)5-17-10/h2-5,10,17H,16H2,1H3. The zero-order valence-corrected chi connectivity index (χ0v) is 11.0. The molecule has 1 aliphatic heterocycles. The molecule has 0 aliphatic carbocycles. The largest absolute Gasteiger partial charge is 0.492 e. The molecule has 0 saturated carbocycles. The number of hydrogen-bond donors (Lipinski definition) is 2. The van der Waals surface area contributed by atoms with Crippen LogP contribution >= 0.6 is 23.2 Å². The Morgan fingerprint density at radius 2 is 2.11 bits per heavy atom. The minimum atomic E-state index is -0.516. The van der Waals surface area contributed by atoms with Crippen LogP contribution in [0, 0.1) is 5.82 Å². The Bertz CT molecular complexity index is 543. The van der Waals surface area contributed by atoms with Crippen molar-refractivity contribution in [3.8, 4) is 5.75 Å². The third-order valence-corrected chi connectivity index (χ3v) is 3.25. The SMILES string of the molecule is COc1c(Cl)ccc(C2C=C(N)C(Cl)=CN2)c1F. The summed E-state index contributed by atoms with van der Waals surface area (Å²) in [7, 11) is 1.36. The quantitative estimate of drug-likeness (QED) is 0.879. The van der Waals surface area contributed by atoms with E-state index in [2.05, 4.69) is 5.32 Å². The number of nitrogens with one attached hydrogen (secondary N) is 1. The third-order valence-electron chi connectivity index (χ3n) is 2.63. The van der Waals surface area contributed by atoms with Crippen molar-refractivity contribution in [3.05, 3.63) is 51.5 Å². The third kappa shape index (κ3) is 2.26. The van der Waals surface area contributed by atoms with Gasteiger partial charge in [-0.15, -0.1) is 0 Å². The summed E-state index contributed by atoms with van der Waals surface area (Å²) in [5.74, 6) is -0.499. The number of allylic oxidation sites excluding steroid dienone is 1. The van der Waals surface area contributed by atoms with Gasteiger partial charge in [-0.1, -0.05) is 29.3 Å². The molecular formula is C12H11Cl2FN2O. The Hall–Kier alpha value is -1.39. The highest BCUT2D eigenvalue weighted by atomic mass is 35.5. The van der Waals surface area contributed by atoms with Gasteiger partial charge in [0.2, 0.25) is 0 Å². The summed E-state index contributed by atoms with van der Waals surface area (Å²) in [6.07, 6.45) is 3.16. The zero-order chi connectivity index (χ0) is 13.3. The van der Waals surface area contributed by atoms with Crippen molar-refractivity contribution in [1.29, 1.82) is 0 Å². The number of hydrogen-bond acceptors (Lipinski definition) is 3. The van der Waals surface area contributed by atoms with Gasteiger partial charge in [0.1, 0.15) is 0 Å². The molecule has 0 radical (unpaired) electrons. The lowest BCUT2D eigenvalue weighted by Crippen LogP contribution is -2.21. The summed E-state index contributed by atoms with van der Waals surface area (Å²) < 4.78 is 19.1. The second-order valence-electron chi connectivity index (χ2n) is 3.74. The average Bonchev–Trinajstić information content (AvgIpc) is 2.34. The van der Waals surface area contributed by atoms with Crippen LogP contribution in [0.4, 0.5) is 4.39 Å². The topological polar surface area (TPSA) is 47.3 Å². The molecule has 1 aromatic carbocycles. The molecule has 3 nitrogen and oxygen atoms in total. The summed E-state index contributed by atoms with van der Waals surface area (Å²) >= 11 is 11.6. The lowest BCUT2D eigenvalue weighted by Gasteiger charge is -2.21. The number of benzene rings is 1. The number of nitrogens with two attached hydrogens (primary N) is 1. The molecule has 1 unspecified atom stereocenters. The molecule has 0 amide bonds. The monoisotopic (exact) mass is 288 g/mol. The molecule has 0 saturated heterocycles. The number of ether oxygens (including phenoxy) is 1. The molecule has 1 heterocycles. The molecule has 0 aromatic heterocycles. The second-order valence-corrected chi connectivity index (χ2v) is 4.56. The van der Waals surface area contributed by atoms with E-state index in [1.807, 2.05) is 0 Å². The van der Waals surface area contributed by atoms with Crippen LogP contribution < -0.4 is 15.8 Å². The molecule has 18 heavy (non-hydrogen) atoms. The fourth-order valence-corrected chi connectivity index (χ4v) is 2.06. The number of methoxy groups -OCH3 is 1. The highest BCUT2D eigenvalue weighted by Gasteiger charge is 2.21. The zero-order valence-electron chi connectivity index (χ0n) is 9.51. The van der Waals surface area contributed by atoms with Crippen LogP contribution in [0.3, 0.4) is 0 Å². The Balaban J connectivity index is 2.42. The van der Waals surface area contributed by atoms with Gasteiger partial charge in [-0.05, 0) is 12.1 Å². The predicted molar refractivity (Wildman–Crippen MR) is 70.0 cm³/mol. The molecule has 6 heteroatoms. The fourth-order valence-electron chi connectivity index (χ4n) is 1.71. The molecular weight excluding hydrogens is 278 g/mol. The summed E-state index contributed by atoms with van der Waals surface area (Å²) in [6, 6.07) is 2.75. The van der Waals surface area contributed by atoms with Gasteiger partial charge >= 0.3 is 0 Å². The van der Waals surface area contributed by atoms with Crippen molar-refractivity contribution < 1.29 is 9.13 Å².